The zero-order chi connectivity index (χ0) is 27.0. The van der Waals surface area contributed by atoms with Crippen LogP contribution in [0.25, 0.3) is 16.8 Å². The van der Waals surface area contributed by atoms with Crippen molar-refractivity contribution in [3.05, 3.63) is 107 Å². The van der Waals surface area contributed by atoms with E-state index < -0.39 is 17.8 Å². The van der Waals surface area contributed by atoms with Gasteiger partial charge in [-0.2, -0.15) is 0 Å². The number of nitrogens with zero attached hydrogens (tertiary/aromatic N) is 1. The lowest BCUT2D eigenvalue weighted by Crippen LogP contribution is -2.54. The number of halogens is 3. The molecule has 6 nitrogen and oxygen atoms in total. The molecule has 9 heteroatoms. The maximum Gasteiger partial charge on any atom is 0.335 e. The Kier molecular flexibility index (Phi) is 7.87. The standard InChI is InChI=1S/C29H19BrI2N2O4/c1-16-10-21(8-9-23(16)30)34-28(36)22(27(35)33-29(34)37)12-18-13-24(31)26(25(32)14-18)38-15-17-6-7-19-4-2-3-5-20(19)11-17/h2-14H,15H2,1H3,(H,33,35,37)/b22-12+. The number of benzene rings is 4. The van der Waals surface area contributed by atoms with Crippen LogP contribution in [0.5, 0.6) is 5.75 Å². The molecule has 4 amide bonds. The Labute approximate surface area is 254 Å². The molecule has 1 saturated heterocycles. The number of urea groups is 1. The first-order valence-corrected chi connectivity index (χ1v) is 14.4. The van der Waals surface area contributed by atoms with Crippen LogP contribution in [-0.4, -0.2) is 17.8 Å². The smallest absolute Gasteiger partial charge is 0.335 e. The summed E-state index contributed by atoms with van der Waals surface area (Å²) in [7, 11) is 0. The summed E-state index contributed by atoms with van der Waals surface area (Å²) in [4.78, 5) is 39.4. The Morgan fingerprint density at radius 3 is 2.34 bits per heavy atom. The number of amides is 4. The van der Waals surface area contributed by atoms with E-state index >= 15 is 0 Å². The summed E-state index contributed by atoms with van der Waals surface area (Å²) in [6.07, 6.45) is 1.50. The largest absolute Gasteiger partial charge is 0.487 e. The lowest BCUT2D eigenvalue weighted by atomic mass is 10.1. The van der Waals surface area contributed by atoms with Gasteiger partial charge in [0.1, 0.15) is 17.9 Å². The fraction of sp³-hybridized carbons (Fsp3) is 0.0690. The van der Waals surface area contributed by atoms with Crippen LogP contribution in [0, 0.1) is 14.1 Å². The minimum atomic E-state index is -0.777. The number of fused-ring (bicyclic) bond motifs is 1. The maximum absolute atomic E-state index is 13.3. The van der Waals surface area contributed by atoms with E-state index in [1.807, 2.05) is 37.3 Å². The number of imide groups is 2. The van der Waals surface area contributed by atoms with Gasteiger partial charge >= 0.3 is 6.03 Å². The Morgan fingerprint density at radius 2 is 1.63 bits per heavy atom. The van der Waals surface area contributed by atoms with E-state index in [1.165, 1.54) is 11.5 Å². The molecule has 1 aliphatic rings. The summed E-state index contributed by atoms with van der Waals surface area (Å²) in [5.74, 6) is -0.683. The third-order valence-electron chi connectivity index (χ3n) is 6.03. The zero-order valence-corrected chi connectivity index (χ0v) is 25.8. The predicted octanol–water partition coefficient (Wildman–Crippen LogP) is 7.37. The Balaban J connectivity index is 1.40. The molecule has 1 heterocycles. The van der Waals surface area contributed by atoms with Crippen molar-refractivity contribution in [1.29, 1.82) is 0 Å². The van der Waals surface area contributed by atoms with Gasteiger partial charge in [0.25, 0.3) is 11.8 Å². The van der Waals surface area contributed by atoms with E-state index in [2.05, 4.69) is 90.7 Å². The molecular formula is C29H19BrI2N2O4. The monoisotopic (exact) mass is 792 g/mol. The highest BCUT2D eigenvalue weighted by atomic mass is 127. The molecule has 0 atom stereocenters. The highest BCUT2D eigenvalue weighted by Gasteiger charge is 2.37. The fourth-order valence-electron chi connectivity index (χ4n) is 4.11. The normalized spacial score (nSPS) is 14.8. The van der Waals surface area contributed by atoms with Crippen molar-refractivity contribution in [2.24, 2.45) is 0 Å². The SMILES string of the molecule is Cc1cc(N2C(=O)NC(=O)/C(=C\c3cc(I)c(OCc4ccc5ccccc5c4)c(I)c3)C2=O)ccc1Br. The first-order chi connectivity index (χ1) is 18.2. The van der Waals surface area contributed by atoms with Gasteiger partial charge in [0.2, 0.25) is 0 Å². The lowest BCUT2D eigenvalue weighted by molar-refractivity contribution is -0.122. The molecule has 5 rings (SSSR count). The van der Waals surface area contributed by atoms with E-state index in [0.29, 0.717) is 17.9 Å². The summed E-state index contributed by atoms with van der Waals surface area (Å²) >= 11 is 7.79. The van der Waals surface area contributed by atoms with Crippen LogP contribution in [-0.2, 0) is 16.2 Å². The molecule has 0 bridgehead atoms. The topological polar surface area (TPSA) is 75.7 Å². The van der Waals surface area contributed by atoms with E-state index in [0.717, 1.165) is 38.8 Å². The molecule has 0 aromatic heterocycles. The van der Waals surface area contributed by atoms with E-state index in [-0.39, 0.29) is 5.57 Å². The number of carbonyl (C=O) groups is 3. The van der Waals surface area contributed by atoms with Gasteiger partial charge in [-0.1, -0.05) is 52.3 Å². The predicted molar refractivity (Wildman–Crippen MR) is 168 cm³/mol. The lowest BCUT2D eigenvalue weighted by Gasteiger charge is -2.26. The van der Waals surface area contributed by atoms with Crippen LogP contribution in [0.15, 0.2) is 82.8 Å². The Hall–Kier alpha value is -2.77. The second-order valence-electron chi connectivity index (χ2n) is 8.68. The van der Waals surface area contributed by atoms with Crippen LogP contribution >= 0.6 is 61.1 Å². The average molecular weight is 793 g/mol. The van der Waals surface area contributed by atoms with E-state index in [1.54, 1.807) is 18.2 Å². The van der Waals surface area contributed by atoms with Gasteiger partial charge in [-0.15, -0.1) is 0 Å². The highest BCUT2D eigenvalue weighted by molar-refractivity contribution is 14.1. The number of nitrogens with one attached hydrogen (secondary N) is 1. The van der Waals surface area contributed by atoms with Crippen molar-refractivity contribution in [3.63, 3.8) is 0 Å². The number of aryl methyl sites for hydroxylation is 1. The van der Waals surface area contributed by atoms with Crippen molar-refractivity contribution in [1.82, 2.24) is 5.32 Å². The molecule has 38 heavy (non-hydrogen) atoms. The highest BCUT2D eigenvalue weighted by Crippen LogP contribution is 2.32. The summed E-state index contributed by atoms with van der Waals surface area (Å²) in [6.45, 7) is 2.26. The molecule has 190 valence electrons. The van der Waals surface area contributed by atoms with Crippen LogP contribution in [0.1, 0.15) is 16.7 Å². The van der Waals surface area contributed by atoms with Crippen molar-refractivity contribution in [2.45, 2.75) is 13.5 Å². The Morgan fingerprint density at radius 1 is 0.921 bits per heavy atom. The fourth-order valence-corrected chi connectivity index (χ4v) is 6.49. The van der Waals surface area contributed by atoms with E-state index in [9.17, 15) is 14.4 Å². The van der Waals surface area contributed by atoms with Gasteiger partial charge < -0.3 is 4.74 Å². The molecule has 0 aliphatic carbocycles. The number of rotatable bonds is 5. The third kappa shape index (κ3) is 5.50. The quantitative estimate of drug-likeness (QED) is 0.130. The minimum Gasteiger partial charge on any atom is -0.487 e. The summed E-state index contributed by atoms with van der Waals surface area (Å²) in [5.41, 5.74) is 2.82. The molecular weight excluding hydrogens is 774 g/mol. The molecule has 4 aromatic rings. The molecule has 0 spiro atoms. The number of carbonyl (C=O) groups excluding carboxylic acids is 3. The van der Waals surface area contributed by atoms with Gasteiger partial charge in [-0.25, -0.2) is 9.69 Å². The van der Waals surface area contributed by atoms with Crippen molar-refractivity contribution in [3.8, 4) is 5.75 Å². The first kappa shape index (κ1) is 26.8. The van der Waals surface area contributed by atoms with Crippen LogP contribution in [0.3, 0.4) is 0 Å². The van der Waals surface area contributed by atoms with E-state index in [4.69, 9.17) is 4.74 Å². The molecule has 0 unspecified atom stereocenters. The zero-order valence-electron chi connectivity index (χ0n) is 19.9. The number of anilines is 1. The second-order valence-corrected chi connectivity index (χ2v) is 11.9. The molecule has 0 radical (unpaired) electrons. The number of hydrogen-bond acceptors (Lipinski definition) is 4. The molecule has 1 N–H and O–H groups in total. The maximum atomic E-state index is 13.3. The summed E-state index contributed by atoms with van der Waals surface area (Å²) in [5, 5.41) is 4.60. The van der Waals surface area contributed by atoms with Crippen LogP contribution in [0.4, 0.5) is 10.5 Å². The van der Waals surface area contributed by atoms with Gasteiger partial charge in [0, 0.05) is 4.47 Å². The van der Waals surface area contributed by atoms with Crippen molar-refractivity contribution < 1.29 is 19.1 Å². The van der Waals surface area contributed by atoms with Crippen LogP contribution < -0.4 is 15.0 Å². The number of ether oxygens (including phenoxy) is 1. The first-order valence-electron chi connectivity index (χ1n) is 11.5. The number of barbiturate groups is 1. The Bertz CT molecular complexity index is 1640. The van der Waals surface area contributed by atoms with Gasteiger partial charge in [-0.3, -0.25) is 14.9 Å². The van der Waals surface area contributed by atoms with Crippen LogP contribution in [0.2, 0.25) is 0 Å². The third-order valence-corrected chi connectivity index (χ3v) is 8.52. The van der Waals surface area contributed by atoms with Gasteiger partial charge in [0.05, 0.1) is 12.8 Å². The average Bonchev–Trinajstić information content (AvgIpc) is 2.88. The molecule has 1 aliphatic heterocycles. The second kappa shape index (κ2) is 11.1. The minimum absolute atomic E-state index is 0.124. The summed E-state index contributed by atoms with van der Waals surface area (Å²) in [6, 6.07) is 22.4. The van der Waals surface area contributed by atoms with Crippen molar-refractivity contribution in [2.75, 3.05) is 4.90 Å². The van der Waals surface area contributed by atoms with Crippen molar-refractivity contribution >= 4 is 101 Å². The molecule has 4 aromatic carbocycles. The van der Waals surface area contributed by atoms with Gasteiger partial charge in [-0.05, 0) is 122 Å². The molecule has 1 fully saturated rings. The number of hydrogen-bond donors (Lipinski definition) is 1. The summed E-state index contributed by atoms with van der Waals surface area (Å²) < 4.78 is 8.68. The van der Waals surface area contributed by atoms with Gasteiger partial charge in [0.15, 0.2) is 0 Å². The molecule has 0 saturated carbocycles.